The number of nitrogen functional groups attached to an aromatic ring is 1. The van der Waals surface area contributed by atoms with Crippen molar-refractivity contribution in [1.82, 2.24) is 29.5 Å². The maximum atomic E-state index is 15.7. The molecule has 4 aliphatic rings. The van der Waals surface area contributed by atoms with E-state index in [2.05, 4.69) is 21.8 Å². The number of anilines is 2. The van der Waals surface area contributed by atoms with Gasteiger partial charge in [0.25, 0.3) is 5.91 Å². The normalized spacial score (nSPS) is 22.2. The fourth-order valence-electron chi connectivity index (χ4n) is 8.17. The van der Waals surface area contributed by atoms with Gasteiger partial charge in [0.15, 0.2) is 11.5 Å². The summed E-state index contributed by atoms with van der Waals surface area (Å²) in [4.78, 5) is 28.2. The molecule has 1 amide bonds. The maximum absolute atomic E-state index is 15.7. The number of benzene rings is 1. The number of nitrogens with zero attached hydrogens (tertiary/aromatic N) is 7. The molecule has 7 rings (SSSR count). The van der Waals surface area contributed by atoms with Gasteiger partial charge >= 0.3 is 12.2 Å². The average molecular weight is 741 g/mol. The molecule has 0 radical (unpaired) electrons. The molecular formula is C37H41F5N8O3. The second-order valence-electron chi connectivity index (χ2n) is 14.3. The number of halogens is 5. The summed E-state index contributed by atoms with van der Waals surface area (Å²) in [5.74, 6) is 3.90. The summed E-state index contributed by atoms with van der Waals surface area (Å²) >= 11 is 0. The summed E-state index contributed by atoms with van der Waals surface area (Å²) in [6.45, 7) is 5.87. The molecule has 2 atom stereocenters. The van der Waals surface area contributed by atoms with E-state index in [4.69, 9.17) is 25.2 Å². The van der Waals surface area contributed by atoms with Crippen molar-refractivity contribution in [2.45, 2.75) is 83.5 Å². The monoisotopic (exact) mass is 740 g/mol. The smallest absolute Gasteiger partial charge is 0.418 e. The van der Waals surface area contributed by atoms with Crippen LogP contribution in [0.15, 0.2) is 18.0 Å². The number of aromatic nitrogens is 4. The third-order valence-corrected chi connectivity index (χ3v) is 10.7. The fourth-order valence-corrected chi connectivity index (χ4v) is 8.17. The summed E-state index contributed by atoms with van der Waals surface area (Å²) < 4.78 is 87.5. The van der Waals surface area contributed by atoms with Crippen LogP contribution in [0, 0.1) is 24.6 Å². The summed E-state index contributed by atoms with van der Waals surface area (Å²) in [5.41, 5.74) is 6.01. The number of fused-ring (bicyclic) bond motifs is 3. The van der Waals surface area contributed by atoms with Gasteiger partial charge in [-0.15, -0.1) is 5.92 Å². The Morgan fingerprint density at radius 2 is 2.00 bits per heavy atom. The van der Waals surface area contributed by atoms with Gasteiger partial charge in [-0.1, -0.05) is 5.92 Å². The molecule has 2 fully saturated rings. The van der Waals surface area contributed by atoms with Gasteiger partial charge in [0.1, 0.15) is 12.4 Å². The largest absolute Gasteiger partial charge is 0.461 e. The third kappa shape index (κ3) is 6.58. The molecule has 0 spiro atoms. The standard InChI is InChI=1S/C37H41F5N8O3/c1-5-8-23-13-25(43)31(39)29(30(23)37(40,41)42)28-14-26-24(19-52-28)33(45-35(44-26)53-20-36-9-6-11-49(36)17-22(15-36)16-38)48-10-7-12-50-27(18-48)21(2)32(46-50)34(51)47(3)4/h13,16,28H,6-7,9-12,14-15,17-20,43H2,1-4H3/b22-16+/t28-,36+/m0/s1. The van der Waals surface area contributed by atoms with E-state index in [1.54, 1.807) is 14.1 Å². The molecule has 16 heteroatoms. The number of carbonyl (C=O) groups is 1. The minimum atomic E-state index is -4.96. The molecule has 282 valence electrons. The van der Waals surface area contributed by atoms with E-state index in [9.17, 15) is 22.4 Å². The van der Waals surface area contributed by atoms with Crippen LogP contribution in [-0.4, -0.2) is 81.3 Å². The Labute approximate surface area is 303 Å². The van der Waals surface area contributed by atoms with Crippen LogP contribution in [0.1, 0.15) is 88.4 Å². The minimum Gasteiger partial charge on any atom is -0.461 e. The van der Waals surface area contributed by atoms with Crippen LogP contribution in [0.3, 0.4) is 0 Å². The Morgan fingerprint density at radius 3 is 2.72 bits per heavy atom. The van der Waals surface area contributed by atoms with E-state index in [0.29, 0.717) is 73.7 Å². The van der Waals surface area contributed by atoms with Crippen molar-refractivity contribution in [2.24, 2.45) is 0 Å². The highest BCUT2D eigenvalue weighted by Crippen LogP contribution is 2.45. The lowest BCUT2D eigenvalue weighted by Gasteiger charge is -2.33. The second kappa shape index (κ2) is 13.9. The predicted octanol–water partition coefficient (Wildman–Crippen LogP) is 5.49. The molecule has 2 saturated heterocycles. The SMILES string of the molecule is CC#Cc1cc(N)c(F)c([C@@H]2Cc3nc(OC[C@]45CCCN4C/C(=C/F)C5)nc(N4CCCn5nc(C(=O)N(C)C)c(C)c5C4)c3CO2)c1C(F)(F)F. The lowest BCUT2D eigenvalue weighted by molar-refractivity contribution is -0.140. The zero-order valence-electron chi connectivity index (χ0n) is 30.0. The lowest BCUT2D eigenvalue weighted by Crippen LogP contribution is -2.43. The quantitative estimate of drug-likeness (QED) is 0.199. The molecular weight excluding hydrogens is 699 g/mol. The van der Waals surface area contributed by atoms with Crippen LogP contribution in [0.25, 0.3) is 0 Å². The Kier molecular flexibility index (Phi) is 9.60. The van der Waals surface area contributed by atoms with Gasteiger partial charge in [0.05, 0.1) is 53.8 Å². The van der Waals surface area contributed by atoms with Crippen LogP contribution in [0.2, 0.25) is 0 Å². The Morgan fingerprint density at radius 1 is 1.21 bits per heavy atom. The maximum Gasteiger partial charge on any atom is 0.418 e. The number of nitrogens with two attached hydrogens (primary N) is 1. The Balaban J connectivity index is 1.30. The Bertz CT molecular complexity index is 2050. The highest BCUT2D eigenvalue weighted by Gasteiger charge is 2.48. The van der Waals surface area contributed by atoms with Gasteiger partial charge < -0.3 is 25.0 Å². The van der Waals surface area contributed by atoms with E-state index >= 15 is 4.39 Å². The molecule has 4 aliphatic heterocycles. The van der Waals surface area contributed by atoms with Crippen LogP contribution in [-0.2, 0) is 37.0 Å². The molecule has 6 heterocycles. The summed E-state index contributed by atoms with van der Waals surface area (Å²) in [6.07, 6.45) is -3.09. The molecule has 2 aromatic heterocycles. The van der Waals surface area contributed by atoms with E-state index < -0.39 is 46.0 Å². The molecule has 0 bridgehead atoms. The first-order chi connectivity index (χ1) is 25.2. The number of amides is 1. The first kappa shape index (κ1) is 36.6. The van der Waals surface area contributed by atoms with Crippen molar-refractivity contribution in [1.29, 1.82) is 0 Å². The first-order valence-electron chi connectivity index (χ1n) is 17.6. The van der Waals surface area contributed by atoms with Crippen molar-refractivity contribution in [3.8, 4) is 17.9 Å². The van der Waals surface area contributed by atoms with Crippen molar-refractivity contribution in [2.75, 3.05) is 51.0 Å². The molecule has 2 N–H and O–H groups in total. The van der Waals surface area contributed by atoms with Crippen LogP contribution >= 0.6 is 0 Å². The van der Waals surface area contributed by atoms with Crippen LogP contribution in [0.5, 0.6) is 6.01 Å². The van der Waals surface area contributed by atoms with E-state index in [1.807, 2.05) is 16.5 Å². The molecule has 0 aliphatic carbocycles. The fraction of sp³-hybridized carbons (Fsp3) is 0.514. The third-order valence-electron chi connectivity index (χ3n) is 10.7. The number of alkyl halides is 3. The summed E-state index contributed by atoms with van der Waals surface area (Å²) in [7, 11) is 3.33. The van der Waals surface area contributed by atoms with Gasteiger partial charge in [-0.25, -0.2) is 8.78 Å². The minimum absolute atomic E-state index is 0.00196. The van der Waals surface area contributed by atoms with Gasteiger partial charge in [-0.2, -0.15) is 28.2 Å². The van der Waals surface area contributed by atoms with Gasteiger partial charge in [-0.05, 0) is 57.7 Å². The zero-order valence-corrected chi connectivity index (χ0v) is 30.0. The lowest BCUT2D eigenvalue weighted by atomic mass is 9.90. The van der Waals surface area contributed by atoms with Crippen molar-refractivity contribution >= 4 is 17.4 Å². The molecule has 3 aromatic rings. The van der Waals surface area contributed by atoms with E-state index in [0.717, 1.165) is 36.7 Å². The zero-order chi connectivity index (χ0) is 37.8. The van der Waals surface area contributed by atoms with Gasteiger partial charge in [0.2, 0.25) is 0 Å². The first-order valence-corrected chi connectivity index (χ1v) is 17.6. The van der Waals surface area contributed by atoms with Crippen molar-refractivity contribution in [3.63, 3.8) is 0 Å². The molecule has 0 unspecified atom stereocenters. The molecule has 53 heavy (non-hydrogen) atoms. The highest BCUT2D eigenvalue weighted by atomic mass is 19.4. The number of hydrogen-bond donors (Lipinski definition) is 1. The number of rotatable bonds is 6. The van der Waals surface area contributed by atoms with Crippen LogP contribution in [0.4, 0.5) is 33.5 Å². The van der Waals surface area contributed by atoms with E-state index in [-0.39, 0.29) is 31.6 Å². The van der Waals surface area contributed by atoms with Gasteiger partial charge in [-0.3, -0.25) is 14.4 Å². The van der Waals surface area contributed by atoms with E-state index in [1.165, 1.54) is 11.8 Å². The Hall–Kier alpha value is -4.75. The summed E-state index contributed by atoms with van der Waals surface area (Å²) in [5, 5.41) is 4.62. The molecule has 0 saturated carbocycles. The predicted molar refractivity (Wildman–Crippen MR) is 185 cm³/mol. The molecule has 11 nitrogen and oxygen atoms in total. The van der Waals surface area contributed by atoms with Crippen LogP contribution < -0.4 is 15.4 Å². The topological polar surface area (TPSA) is 115 Å². The van der Waals surface area contributed by atoms with Crippen molar-refractivity contribution in [3.05, 3.63) is 68.7 Å². The number of aryl methyl sites for hydroxylation is 1. The number of ether oxygens (including phenoxy) is 2. The summed E-state index contributed by atoms with van der Waals surface area (Å²) in [6, 6.07) is 0.890. The number of hydrogen-bond acceptors (Lipinski definition) is 9. The highest BCUT2D eigenvalue weighted by molar-refractivity contribution is 5.93. The number of carbonyl (C=O) groups excluding carboxylic acids is 1. The van der Waals surface area contributed by atoms with Gasteiger partial charge in [0, 0.05) is 62.4 Å². The second-order valence-corrected chi connectivity index (χ2v) is 14.3. The average Bonchev–Trinajstić information content (AvgIpc) is 3.71. The van der Waals surface area contributed by atoms with Crippen molar-refractivity contribution < 1.29 is 36.2 Å². The molecule has 1 aromatic carbocycles.